The van der Waals surface area contributed by atoms with Gasteiger partial charge in [-0.25, -0.2) is 0 Å². The van der Waals surface area contributed by atoms with Gasteiger partial charge in [-0.15, -0.1) is 0 Å². The minimum absolute atomic E-state index is 0.00193. The number of anilines is 2. The first-order valence-corrected chi connectivity index (χ1v) is 11.2. The third kappa shape index (κ3) is 7.66. The molecule has 0 spiro atoms. The molecule has 0 fully saturated rings. The lowest BCUT2D eigenvalue weighted by molar-refractivity contribution is -0.122. The summed E-state index contributed by atoms with van der Waals surface area (Å²) in [6, 6.07) is 19.3. The lowest BCUT2D eigenvalue weighted by Crippen LogP contribution is -2.32. The first kappa shape index (κ1) is 23.7. The fraction of sp³-hybridized carbons (Fsp3) is 0.462. The van der Waals surface area contributed by atoms with Crippen LogP contribution in [0, 0.1) is 11.8 Å². The quantitative estimate of drug-likeness (QED) is 0.461. The smallest absolute Gasteiger partial charge is 0.231 e. The Labute approximate surface area is 181 Å². The van der Waals surface area contributed by atoms with Crippen LogP contribution in [0.2, 0.25) is 0 Å². The molecule has 0 bridgehead atoms. The number of benzene rings is 2. The van der Waals surface area contributed by atoms with Crippen LogP contribution in [0.1, 0.15) is 59.3 Å². The molecule has 0 aliphatic heterocycles. The monoisotopic (exact) mass is 408 g/mol. The van der Waals surface area contributed by atoms with Crippen LogP contribution in [-0.2, 0) is 9.59 Å². The molecule has 0 aliphatic carbocycles. The van der Waals surface area contributed by atoms with Crippen LogP contribution in [0.3, 0.4) is 0 Å². The van der Waals surface area contributed by atoms with Crippen molar-refractivity contribution in [1.29, 1.82) is 0 Å². The molecule has 0 saturated heterocycles. The van der Waals surface area contributed by atoms with Gasteiger partial charge in [0.25, 0.3) is 0 Å². The number of hydrogen-bond donors (Lipinski definition) is 1. The number of carbonyl (C=O) groups excluding carboxylic acids is 2. The number of para-hydroxylation sites is 2. The molecule has 2 aromatic rings. The second kappa shape index (κ2) is 12.8. The van der Waals surface area contributed by atoms with Crippen molar-refractivity contribution in [3.05, 3.63) is 60.7 Å². The van der Waals surface area contributed by atoms with Gasteiger partial charge in [-0.3, -0.25) is 14.5 Å². The maximum atomic E-state index is 13.2. The van der Waals surface area contributed by atoms with Crippen LogP contribution in [0.4, 0.5) is 11.4 Å². The van der Waals surface area contributed by atoms with Gasteiger partial charge in [0.05, 0.1) is 0 Å². The normalized spacial score (nSPS) is 12.8. The average molecular weight is 409 g/mol. The largest absolute Gasteiger partial charge is 0.356 e. The van der Waals surface area contributed by atoms with Crippen LogP contribution in [-0.4, -0.2) is 18.4 Å². The van der Waals surface area contributed by atoms with Crippen LogP contribution in [0.5, 0.6) is 0 Å². The summed E-state index contributed by atoms with van der Waals surface area (Å²) < 4.78 is 0. The van der Waals surface area contributed by atoms with E-state index in [1.54, 1.807) is 4.90 Å². The first-order valence-electron chi connectivity index (χ1n) is 11.2. The summed E-state index contributed by atoms with van der Waals surface area (Å²) in [5.74, 6) is 0.555. The Kier molecular flexibility index (Phi) is 10.1. The molecule has 0 heterocycles. The molecule has 0 aromatic heterocycles. The van der Waals surface area contributed by atoms with Gasteiger partial charge in [0, 0.05) is 30.8 Å². The van der Waals surface area contributed by atoms with E-state index >= 15 is 0 Å². The summed E-state index contributed by atoms with van der Waals surface area (Å²) in [4.78, 5) is 27.3. The zero-order valence-corrected chi connectivity index (χ0v) is 18.6. The molecule has 4 heteroatoms. The van der Waals surface area contributed by atoms with Crippen molar-refractivity contribution < 1.29 is 9.59 Å². The van der Waals surface area contributed by atoms with E-state index in [0.29, 0.717) is 18.8 Å². The van der Waals surface area contributed by atoms with Gasteiger partial charge < -0.3 is 5.32 Å². The molecule has 1 N–H and O–H groups in total. The molecule has 0 saturated carbocycles. The maximum Gasteiger partial charge on any atom is 0.231 e. The van der Waals surface area contributed by atoms with Crippen molar-refractivity contribution in [2.75, 3.05) is 11.4 Å². The molecule has 2 aromatic carbocycles. The molecular formula is C26H36N2O2. The zero-order valence-electron chi connectivity index (χ0n) is 18.6. The van der Waals surface area contributed by atoms with E-state index in [2.05, 4.69) is 19.2 Å². The van der Waals surface area contributed by atoms with Gasteiger partial charge in [0.1, 0.15) is 0 Å². The highest BCUT2D eigenvalue weighted by atomic mass is 16.2. The SMILES string of the molecule is CCCCC(CC)CNC(=O)CC(C)CC(=O)N(c1ccccc1)c1ccccc1. The Morgan fingerprint density at radius 1 is 0.900 bits per heavy atom. The van der Waals surface area contributed by atoms with Gasteiger partial charge in [0.2, 0.25) is 11.8 Å². The second-order valence-corrected chi connectivity index (χ2v) is 8.13. The molecule has 2 rings (SSSR count). The van der Waals surface area contributed by atoms with Gasteiger partial charge in [-0.1, -0.05) is 76.4 Å². The van der Waals surface area contributed by atoms with E-state index in [0.717, 1.165) is 30.8 Å². The number of nitrogens with zero attached hydrogens (tertiary/aromatic N) is 1. The van der Waals surface area contributed by atoms with Crippen molar-refractivity contribution in [3.63, 3.8) is 0 Å². The van der Waals surface area contributed by atoms with Crippen LogP contribution >= 0.6 is 0 Å². The van der Waals surface area contributed by atoms with Gasteiger partial charge in [-0.05, 0) is 42.5 Å². The van der Waals surface area contributed by atoms with Crippen molar-refractivity contribution in [1.82, 2.24) is 5.32 Å². The Balaban J connectivity index is 1.94. The molecule has 0 aliphatic rings. The van der Waals surface area contributed by atoms with E-state index < -0.39 is 0 Å². The van der Waals surface area contributed by atoms with Crippen molar-refractivity contribution in [3.8, 4) is 0 Å². The molecule has 2 atom stereocenters. The molecular weight excluding hydrogens is 372 g/mol. The van der Waals surface area contributed by atoms with E-state index in [9.17, 15) is 9.59 Å². The van der Waals surface area contributed by atoms with Gasteiger partial charge in [0.15, 0.2) is 0 Å². The summed E-state index contributed by atoms with van der Waals surface area (Å²) in [5.41, 5.74) is 1.68. The second-order valence-electron chi connectivity index (χ2n) is 8.13. The topological polar surface area (TPSA) is 49.4 Å². The first-order chi connectivity index (χ1) is 14.5. The zero-order chi connectivity index (χ0) is 21.8. The summed E-state index contributed by atoms with van der Waals surface area (Å²) >= 11 is 0. The number of carbonyl (C=O) groups is 2. The predicted octanol–water partition coefficient (Wildman–Crippen LogP) is 6.10. The van der Waals surface area contributed by atoms with Crippen LogP contribution < -0.4 is 10.2 Å². The number of unbranched alkanes of at least 4 members (excludes halogenated alkanes) is 1. The van der Waals surface area contributed by atoms with Crippen molar-refractivity contribution in [2.24, 2.45) is 11.8 Å². The van der Waals surface area contributed by atoms with Crippen molar-refractivity contribution in [2.45, 2.75) is 59.3 Å². The average Bonchev–Trinajstić information content (AvgIpc) is 2.75. The molecule has 0 radical (unpaired) electrons. The standard InChI is InChI=1S/C26H36N2O2/c1-4-6-13-22(5-2)20-27-25(29)18-21(3)19-26(30)28(23-14-9-7-10-15-23)24-16-11-8-12-17-24/h7-12,14-17,21-22H,4-6,13,18-20H2,1-3H3,(H,27,29). The maximum absolute atomic E-state index is 13.2. The minimum Gasteiger partial charge on any atom is -0.356 e. The molecule has 30 heavy (non-hydrogen) atoms. The highest BCUT2D eigenvalue weighted by Gasteiger charge is 2.21. The van der Waals surface area contributed by atoms with E-state index in [4.69, 9.17) is 0 Å². The lowest BCUT2D eigenvalue weighted by Gasteiger charge is -2.24. The highest BCUT2D eigenvalue weighted by Crippen LogP contribution is 2.27. The minimum atomic E-state index is -0.0249. The fourth-order valence-corrected chi connectivity index (χ4v) is 3.64. The number of hydrogen-bond acceptors (Lipinski definition) is 2. The van der Waals surface area contributed by atoms with E-state index in [1.165, 1.54) is 12.8 Å². The van der Waals surface area contributed by atoms with E-state index in [-0.39, 0.29) is 17.7 Å². The summed E-state index contributed by atoms with van der Waals surface area (Å²) in [5, 5.41) is 3.08. The summed E-state index contributed by atoms with van der Waals surface area (Å²) in [6.07, 6.45) is 5.32. The summed E-state index contributed by atoms with van der Waals surface area (Å²) in [7, 11) is 0. The third-order valence-corrected chi connectivity index (χ3v) is 5.47. The Morgan fingerprint density at radius 3 is 1.97 bits per heavy atom. The number of rotatable bonds is 12. The molecule has 4 nitrogen and oxygen atoms in total. The van der Waals surface area contributed by atoms with Crippen LogP contribution in [0.15, 0.2) is 60.7 Å². The Hall–Kier alpha value is -2.62. The fourth-order valence-electron chi connectivity index (χ4n) is 3.64. The Morgan fingerprint density at radius 2 is 1.47 bits per heavy atom. The van der Waals surface area contributed by atoms with Crippen molar-refractivity contribution >= 4 is 23.2 Å². The van der Waals surface area contributed by atoms with Gasteiger partial charge in [-0.2, -0.15) is 0 Å². The summed E-state index contributed by atoms with van der Waals surface area (Å²) in [6.45, 7) is 7.07. The highest BCUT2D eigenvalue weighted by molar-refractivity contribution is 6.00. The van der Waals surface area contributed by atoms with E-state index in [1.807, 2.05) is 67.6 Å². The third-order valence-electron chi connectivity index (χ3n) is 5.47. The van der Waals surface area contributed by atoms with Crippen LogP contribution in [0.25, 0.3) is 0 Å². The molecule has 2 amide bonds. The van der Waals surface area contributed by atoms with Gasteiger partial charge >= 0.3 is 0 Å². The Bertz CT molecular complexity index is 722. The predicted molar refractivity (Wildman–Crippen MR) is 125 cm³/mol. The molecule has 2 unspecified atom stereocenters. The lowest BCUT2D eigenvalue weighted by atomic mass is 9.98. The number of nitrogens with one attached hydrogen (secondary N) is 1. The number of amides is 2. The molecule has 162 valence electrons.